The highest BCUT2D eigenvalue weighted by molar-refractivity contribution is 6.30. The predicted molar refractivity (Wildman–Crippen MR) is 129 cm³/mol. The molecule has 0 atom stereocenters. The molecule has 5 heteroatoms. The summed E-state index contributed by atoms with van der Waals surface area (Å²) in [6, 6.07) is 31.2. The molecule has 0 fully saturated rings. The molecule has 0 spiro atoms. The molecule has 0 radical (unpaired) electrons. The lowest BCUT2D eigenvalue weighted by atomic mass is 10.2. The number of para-hydroxylation sites is 1. The molecule has 4 nitrogen and oxygen atoms in total. The van der Waals surface area contributed by atoms with E-state index in [1.54, 1.807) is 7.11 Å². The summed E-state index contributed by atoms with van der Waals surface area (Å²) in [6.07, 6.45) is 0. The Labute approximate surface area is 193 Å². The number of benzene rings is 4. The number of hydrogen-bond donors (Lipinski definition) is 1. The van der Waals surface area contributed by atoms with Crippen molar-refractivity contribution in [3.63, 3.8) is 0 Å². The largest absolute Gasteiger partial charge is 0.493 e. The van der Waals surface area contributed by atoms with Gasteiger partial charge >= 0.3 is 0 Å². The van der Waals surface area contributed by atoms with E-state index < -0.39 is 0 Å². The van der Waals surface area contributed by atoms with Gasteiger partial charge in [-0.2, -0.15) is 0 Å². The minimum Gasteiger partial charge on any atom is -0.493 e. The van der Waals surface area contributed by atoms with Gasteiger partial charge in [-0.15, -0.1) is 0 Å². The molecule has 0 saturated heterocycles. The zero-order valence-corrected chi connectivity index (χ0v) is 18.5. The van der Waals surface area contributed by atoms with E-state index in [9.17, 15) is 0 Å². The molecule has 32 heavy (non-hydrogen) atoms. The van der Waals surface area contributed by atoms with Gasteiger partial charge in [0.05, 0.1) is 7.11 Å². The van der Waals surface area contributed by atoms with Crippen LogP contribution in [0.15, 0.2) is 97.1 Å². The van der Waals surface area contributed by atoms with Gasteiger partial charge in [0.2, 0.25) is 0 Å². The number of nitrogens with one attached hydrogen (secondary N) is 1. The van der Waals surface area contributed by atoms with Gasteiger partial charge in [-0.05, 0) is 71.8 Å². The summed E-state index contributed by atoms with van der Waals surface area (Å²) < 4.78 is 17.3. The molecule has 0 bridgehead atoms. The van der Waals surface area contributed by atoms with Crippen LogP contribution in [0.2, 0.25) is 5.02 Å². The highest BCUT2D eigenvalue weighted by Gasteiger charge is 2.07. The van der Waals surface area contributed by atoms with Crippen LogP contribution in [-0.2, 0) is 13.2 Å². The van der Waals surface area contributed by atoms with Crippen molar-refractivity contribution in [1.82, 2.24) is 0 Å². The third kappa shape index (κ3) is 5.96. The second kappa shape index (κ2) is 10.6. The Morgan fingerprint density at radius 3 is 2.25 bits per heavy atom. The molecule has 4 aromatic rings. The molecular formula is C27H24ClNO3. The Balaban J connectivity index is 1.34. The van der Waals surface area contributed by atoms with Crippen LogP contribution in [0.5, 0.6) is 23.0 Å². The summed E-state index contributed by atoms with van der Waals surface area (Å²) in [5.41, 5.74) is 3.09. The highest BCUT2D eigenvalue weighted by atomic mass is 35.5. The van der Waals surface area contributed by atoms with Gasteiger partial charge in [-0.1, -0.05) is 48.0 Å². The SMILES string of the molecule is COc1cc(CNc2ccc(Oc3ccccc3)cc2)ccc1OCc1cccc(Cl)c1. The van der Waals surface area contributed by atoms with E-state index in [4.69, 9.17) is 25.8 Å². The first-order valence-electron chi connectivity index (χ1n) is 10.3. The molecular weight excluding hydrogens is 422 g/mol. The van der Waals surface area contributed by atoms with Crippen LogP contribution in [0.3, 0.4) is 0 Å². The summed E-state index contributed by atoms with van der Waals surface area (Å²) in [6.45, 7) is 1.08. The molecule has 0 amide bonds. The van der Waals surface area contributed by atoms with Crippen LogP contribution in [-0.4, -0.2) is 7.11 Å². The fraction of sp³-hybridized carbons (Fsp3) is 0.111. The summed E-state index contributed by atoms with van der Waals surface area (Å²) in [4.78, 5) is 0. The van der Waals surface area contributed by atoms with E-state index in [1.165, 1.54) is 0 Å². The standard InChI is InChI=1S/C27H24ClNO3/c1-30-27-17-20(10-15-26(27)31-19-21-6-5-7-22(28)16-21)18-29-23-11-13-25(14-12-23)32-24-8-3-2-4-9-24/h2-17,29H,18-19H2,1H3. The van der Waals surface area contributed by atoms with E-state index in [-0.39, 0.29) is 0 Å². The Bertz CT molecular complexity index is 1150. The smallest absolute Gasteiger partial charge is 0.161 e. The zero-order valence-electron chi connectivity index (χ0n) is 17.8. The first-order valence-corrected chi connectivity index (χ1v) is 10.7. The maximum Gasteiger partial charge on any atom is 0.161 e. The van der Waals surface area contributed by atoms with Crippen molar-refractivity contribution in [2.45, 2.75) is 13.2 Å². The van der Waals surface area contributed by atoms with E-state index in [1.807, 2.05) is 97.1 Å². The van der Waals surface area contributed by atoms with Crippen molar-refractivity contribution >= 4 is 17.3 Å². The molecule has 0 heterocycles. The third-order valence-electron chi connectivity index (χ3n) is 4.84. The topological polar surface area (TPSA) is 39.7 Å². The number of halogens is 1. The molecule has 4 rings (SSSR count). The van der Waals surface area contributed by atoms with Gasteiger partial charge in [0, 0.05) is 17.3 Å². The molecule has 0 aliphatic carbocycles. The molecule has 0 aromatic heterocycles. The van der Waals surface area contributed by atoms with Gasteiger partial charge in [-0.3, -0.25) is 0 Å². The number of rotatable bonds is 9. The quantitative estimate of drug-likeness (QED) is 0.292. The van der Waals surface area contributed by atoms with Crippen molar-refractivity contribution in [1.29, 1.82) is 0 Å². The molecule has 162 valence electrons. The fourth-order valence-corrected chi connectivity index (χ4v) is 3.41. The number of methoxy groups -OCH3 is 1. The van der Waals surface area contributed by atoms with Crippen molar-refractivity contribution in [2.24, 2.45) is 0 Å². The first kappa shape index (κ1) is 21.6. The lowest BCUT2D eigenvalue weighted by molar-refractivity contribution is 0.284. The number of ether oxygens (including phenoxy) is 3. The van der Waals surface area contributed by atoms with Crippen molar-refractivity contribution < 1.29 is 14.2 Å². The average Bonchev–Trinajstić information content (AvgIpc) is 2.83. The normalized spacial score (nSPS) is 10.4. The summed E-state index contributed by atoms with van der Waals surface area (Å²) in [7, 11) is 1.64. The molecule has 0 aliphatic heterocycles. The second-order valence-electron chi connectivity index (χ2n) is 7.20. The van der Waals surface area contributed by atoms with Crippen LogP contribution < -0.4 is 19.5 Å². The first-order chi connectivity index (χ1) is 15.7. The Morgan fingerprint density at radius 1 is 0.719 bits per heavy atom. The Morgan fingerprint density at radius 2 is 1.50 bits per heavy atom. The monoisotopic (exact) mass is 445 g/mol. The van der Waals surface area contributed by atoms with Gasteiger partial charge < -0.3 is 19.5 Å². The summed E-state index contributed by atoms with van der Waals surface area (Å²) >= 11 is 6.04. The molecule has 0 saturated carbocycles. The zero-order chi connectivity index (χ0) is 22.2. The Kier molecular flexibility index (Phi) is 7.15. The second-order valence-corrected chi connectivity index (χ2v) is 7.63. The molecule has 1 N–H and O–H groups in total. The number of anilines is 1. The van der Waals surface area contributed by atoms with Crippen LogP contribution >= 0.6 is 11.6 Å². The maximum absolute atomic E-state index is 6.04. The maximum atomic E-state index is 6.04. The lowest BCUT2D eigenvalue weighted by Crippen LogP contribution is -2.02. The van der Waals surface area contributed by atoms with Gasteiger partial charge in [-0.25, -0.2) is 0 Å². The summed E-state index contributed by atoms with van der Waals surface area (Å²) in [5.74, 6) is 3.00. The van der Waals surface area contributed by atoms with Gasteiger partial charge in [0.25, 0.3) is 0 Å². The third-order valence-corrected chi connectivity index (χ3v) is 5.08. The van der Waals surface area contributed by atoms with E-state index in [0.29, 0.717) is 29.7 Å². The minimum atomic E-state index is 0.423. The molecule has 0 aliphatic rings. The van der Waals surface area contributed by atoms with Crippen LogP contribution in [0.1, 0.15) is 11.1 Å². The van der Waals surface area contributed by atoms with E-state index in [2.05, 4.69) is 5.32 Å². The van der Waals surface area contributed by atoms with Crippen LogP contribution in [0, 0.1) is 0 Å². The number of hydrogen-bond acceptors (Lipinski definition) is 4. The van der Waals surface area contributed by atoms with Crippen LogP contribution in [0.4, 0.5) is 5.69 Å². The lowest BCUT2D eigenvalue weighted by Gasteiger charge is -2.13. The fourth-order valence-electron chi connectivity index (χ4n) is 3.20. The molecule has 0 unspecified atom stereocenters. The minimum absolute atomic E-state index is 0.423. The molecule has 4 aromatic carbocycles. The van der Waals surface area contributed by atoms with Crippen molar-refractivity contribution in [3.05, 3.63) is 113 Å². The van der Waals surface area contributed by atoms with Gasteiger partial charge in [0.1, 0.15) is 18.1 Å². The van der Waals surface area contributed by atoms with E-state index >= 15 is 0 Å². The predicted octanol–water partition coefficient (Wildman–Crippen LogP) is 7.33. The highest BCUT2D eigenvalue weighted by Crippen LogP contribution is 2.30. The summed E-state index contributed by atoms with van der Waals surface area (Å²) in [5, 5.41) is 4.11. The van der Waals surface area contributed by atoms with Crippen molar-refractivity contribution in [2.75, 3.05) is 12.4 Å². The van der Waals surface area contributed by atoms with E-state index in [0.717, 1.165) is 28.3 Å². The average molecular weight is 446 g/mol. The van der Waals surface area contributed by atoms with Crippen molar-refractivity contribution in [3.8, 4) is 23.0 Å². The Hall–Kier alpha value is -3.63. The van der Waals surface area contributed by atoms with Crippen LogP contribution in [0.25, 0.3) is 0 Å². The van der Waals surface area contributed by atoms with Gasteiger partial charge in [0.15, 0.2) is 11.5 Å².